The van der Waals surface area contributed by atoms with E-state index in [1.54, 1.807) is 0 Å². The van der Waals surface area contributed by atoms with Crippen molar-refractivity contribution in [1.29, 1.82) is 0 Å². The minimum absolute atomic E-state index is 0.743. The average molecular weight is 174 g/mol. The summed E-state index contributed by atoms with van der Waals surface area (Å²) in [6.45, 7) is 5.40. The Morgan fingerprint density at radius 3 is 2.36 bits per heavy atom. The SMILES string of the molecule is CC(C)CCNC(=S)N(C)C. The number of nitrogens with zero attached hydrogens (tertiary/aromatic N) is 1. The molecule has 11 heavy (non-hydrogen) atoms. The molecule has 0 rings (SSSR count). The first-order chi connectivity index (χ1) is 5.04. The molecule has 66 valence electrons. The van der Waals surface area contributed by atoms with E-state index in [2.05, 4.69) is 19.2 Å². The van der Waals surface area contributed by atoms with Crippen LogP contribution in [-0.2, 0) is 0 Å². The molecule has 3 heteroatoms. The van der Waals surface area contributed by atoms with Crippen molar-refractivity contribution in [2.75, 3.05) is 20.6 Å². The molecule has 0 atom stereocenters. The maximum absolute atomic E-state index is 5.04. The van der Waals surface area contributed by atoms with Gasteiger partial charge in [0.05, 0.1) is 0 Å². The zero-order valence-corrected chi connectivity index (χ0v) is 8.66. The van der Waals surface area contributed by atoms with Crippen molar-refractivity contribution < 1.29 is 0 Å². The van der Waals surface area contributed by atoms with Crippen LogP contribution in [0.1, 0.15) is 20.3 Å². The fourth-order valence-corrected chi connectivity index (χ4v) is 0.728. The standard InChI is InChI=1S/C8H18N2S/c1-7(2)5-6-9-8(11)10(3)4/h7H,5-6H2,1-4H3,(H,9,11). The van der Waals surface area contributed by atoms with Crippen LogP contribution in [0, 0.1) is 5.92 Å². The normalized spacial score (nSPS) is 9.91. The molecular formula is C8H18N2S. The van der Waals surface area contributed by atoms with Gasteiger partial charge in [-0.1, -0.05) is 13.8 Å². The molecule has 0 saturated heterocycles. The van der Waals surface area contributed by atoms with E-state index in [-0.39, 0.29) is 0 Å². The Balaban J connectivity index is 3.32. The summed E-state index contributed by atoms with van der Waals surface area (Å²) in [5.41, 5.74) is 0. The Hall–Kier alpha value is -0.310. The molecule has 0 unspecified atom stereocenters. The highest BCUT2D eigenvalue weighted by Gasteiger charge is 1.97. The summed E-state index contributed by atoms with van der Waals surface area (Å²) in [5.74, 6) is 0.743. The molecule has 0 saturated carbocycles. The highest BCUT2D eigenvalue weighted by atomic mass is 32.1. The lowest BCUT2D eigenvalue weighted by Crippen LogP contribution is -2.35. The third-order valence-electron chi connectivity index (χ3n) is 1.40. The molecule has 0 heterocycles. The Labute approximate surface area is 75.0 Å². The largest absolute Gasteiger partial charge is 0.363 e. The van der Waals surface area contributed by atoms with Crippen molar-refractivity contribution >= 4 is 17.3 Å². The summed E-state index contributed by atoms with van der Waals surface area (Å²) in [6, 6.07) is 0. The molecule has 0 aromatic rings. The number of rotatable bonds is 3. The molecule has 0 aliphatic heterocycles. The van der Waals surface area contributed by atoms with E-state index in [0.717, 1.165) is 17.6 Å². The van der Waals surface area contributed by atoms with Crippen molar-refractivity contribution in [3.63, 3.8) is 0 Å². The highest BCUT2D eigenvalue weighted by Crippen LogP contribution is 1.96. The maximum Gasteiger partial charge on any atom is 0.168 e. The van der Waals surface area contributed by atoms with Gasteiger partial charge in [-0.15, -0.1) is 0 Å². The first-order valence-corrected chi connectivity index (χ1v) is 4.40. The minimum Gasteiger partial charge on any atom is -0.363 e. The van der Waals surface area contributed by atoms with E-state index in [1.165, 1.54) is 6.42 Å². The van der Waals surface area contributed by atoms with Gasteiger partial charge in [-0.3, -0.25) is 0 Å². The summed E-state index contributed by atoms with van der Waals surface area (Å²) in [7, 11) is 3.90. The first-order valence-electron chi connectivity index (χ1n) is 3.99. The number of thiocarbonyl (C=S) groups is 1. The van der Waals surface area contributed by atoms with Crippen LogP contribution in [0.25, 0.3) is 0 Å². The fourth-order valence-electron chi connectivity index (χ4n) is 0.626. The Morgan fingerprint density at radius 1 is 1.45 bits per heavy atom. The first kappa shape index (κ1) is 10.7. The van der Waals surface area contributed by atoms with Gasteiger partial charge in [0.15, 0.2) is 5.11 Å². The zero-order chi connectivity index (χ0) is 8.85. The Morgan fingerprint density at radius 2 is 2.00 bits per heavy atom. The molecule has 0 aliphatic carbocycles. The second kappa shape index (κ2) is 5.35. The lowest BCUT2D eigenvalue weighted by atomic mass is 10.1. The second-order valence-electron chi connectivity index (χ2n) is 3.31. The minimum atomic E-state index is 0.743. The van der Waals surface area contributed by atoms with Gasteiger partial charge in [-0.05, 0) is 24.6 Å². The van der Waals surface area contributed by atoms with Crippen molar-refractivity contribution in [3.8, 4) is 0 Å². The van der Waals surface area contributed by atoms with Crippen LogP contribution in [0.2, 0.25) is 0 Å². The van der Waals surface area contributed by atoms with Gasteiger partial charge in [-0.25, -0.2) is 0 Å². The van der Waals surface area contributed by atoms with Gasteiger partial charge < -0.3 is 10.2 Å². The molecule has 0 bridgehead atoms. The van der Waals surface area contributed by atoms with Gasteiger partial charge in [0, 0.05) is 20.6 Å². The molecule has 2 nitrogen and oxygen atoms in total. The van der Waals surface area contributed by atoms with Crippen LogP contribution >= 0.6 is 12.2 Å². The third-order valence-corrected chi connectivity index (χ3v) is 1.91. The number of hydrogen-bond acceptors (Lipinski definition) is 1. The molecule has 0 amide bonds. The number of nitrogens with one attached hydrogen (secondary N) is 1. The molecule has 1 N–H and O–H groups in total. The van der Waals surface area contributed by atoms with Crippen molar-refractivity contribution in [3.05, 3.63) is 0 Å². The smallest absolute Gasteiger partial charge is 0.168 e. The van der Waals surface area contributed by atoms with Crippen LogP contribution in [0.4, 0.5) is 0 Å². The van der Waals surface area contributed by atoms with Crippen LogP contribution < -0.4 is 5.32 Å². The molecule has 0 aliphatic rings. The van der Waals surface area contributed by atoms with Gasteiger partial charge in [-0.2, -0.15) is 0 Å². The molecule has 0 aromatic carbocycles. The molecule has 0 fully saturated rings. The van der Waals surface area contributed by atoms with Crippen LogP contribution in [0.3, 0.4) is 0 Å². The zero-order valence-electron chi connectivity index (χ0n) is 7.85. The van der Waals surface area contributed by atoms with Gasteiger partial charge in [0.2, 0.25) is 0 Å². The molecule has 0 radical (unpaired) electrons. The maximum atomic E-state index is 5.04. The quantitative estimate of drug-likeness (QED) is 0.652. The predicted octanol–water partition coefficient (Wildman–Crippen LogP) is 1.47. The van der Waals surface area contributed by atoms with Crippen molar-refractivity contribution in [1.82, 2.24) is 10.2 Å². The van der Waals surface area contributed by atoms with E-state index in [1.807, 2.05) is 19.0 Å². The van der Waals surface area contributed by atoms with Crippen molar-refractivity contribution in [2.24, 2.45) is 5.92 Å². The summed E-state index contributed by atoms with van der Waals surface area (Å²) >= 11 is 5.04. The lowest BCUT2D eigenvalue weighted by molar-refractivity contribution is 0.550. The van der Waals surface area contributed by atoms with E-state index < -0.39 is 0 Å². The summed E-state index contributed by atoms with van der Waals surface area (Å²) in [5, 5.41) is 4.00. The Kier molecular flexibility index (Phi) is 5.20. The van der Waals surface area contributed by atoms with Crippen LogP contribution in [0.5, 0.6) is 0 Å². The Bertz CT molecular complexity index is 121. The topological polar surface area (TPSA) is 15.3 Å². The average Bonchev–Trinajstić information content (AvgIpc) is 1.86. The van der Waals surface area contributed by atoms with E-state index in [4.69, 9.17) is 12.2 Å². The van der Waals surface area contributed by atoms with Crippen LogP contribution in [0.15, 0.2) is 0 Å². The van der Waals surface area contributed by atoms with Gasteiger partial charge in [0.1, 0.15) is 0 Å². The lowest BCUT2D eigenvalue weighted by Gasteiger charge is -2.15. The summed E-state index contributed by atoms with van der Waals surface area (Å²) < 4.78 is 0. The van der Waals surface area contributed by atoms with E-state index in [0.29, 0.717) is 0 Å². The van der Waals surface area contributed by atoms with Crippen molar-refractivity contribution in [2.45, 2.75) is 20.3 Å². The monoisotopic (exact) mass is 174 g/mol. The fraction of sp³-hybridized carbons (Fsp3) is 0.875. The second-order valence-corrected chi connectivity index (χ2v) is 3.70. The molecule has 0 aromatic heterocycles. The summed E-state index contributed by atoms with van der Waals surface area (Å²) in [4.78, 5) is 1.91. The van der Waals surface area contributed by atoms with Gasteiger partial charge in [0.25, 0.3) is 0 Å². The summed E-state index contributed by atoms with van der Waals surface area (Å²) in [6.07, 6.45) is 1.17. The highest BCUT2D eigenvalue weighted by molar-refractivity contribution is 7.80. The third kappa shape index (κ3) is 6.10. The van der Waals surface area contributed by atoms with Crippen LogP contribution in [-0.4, -0.2) is 30.7 Å². The van der Waals surface area contributed by atoms with E-state index >= 15 is 0 Å². The van der Waals surface area contributed by atoms with E-state index in [9.17, 15) is 0 Å². The predicted molar refractivity (Wildman–Crippen MR) is 53.7 cm³/mol. The molecule has 0 spiro atoms. The molecular weight excluding hydrogens is 156 g/mol. The number of hydrogen-bond donors (Lipinski definition) is 1. The van der Waals surface area contributed by atoms with Gasteiger partial charge >= 0.3 is 0 Å².